The number of benzene rings is 1. The third-order valence-corrected chi connectivity index (χ3v) is 6.75. The zero-order valence-corrected chi connectivity index (χ0v) is 21.7. The van der Waals surface area contributed by atoms with Crippen molar-refractivity contribution in [1.82, 2.24) is 15.5 Å². The maximum Gasteiger partial charge on any atom is 0.225 e. The molecule has 0 spiro atoms. The van der Waals surface area contributed by atoms with E-state index >= 15 is 0 Å². The van der Waals surface area contributed by atoms with Crippen molar-refractivity contribution in [2.24, 2.45) is 11.0 Å². The summed E-state index contributed by atoms with van der Waals surface area (Å²) in [5, 5.41) is 13.0. The summed E-state index contributed by atoms with van der Waals surface area (Å²) in [7, 11) is 0. The van der Waals surface area contributed by atoms with Gasteiger partial charge in [-0.25, -0.2) is 0 Å². The molecule has 11 heteroatoms. The summed E-state index contributed by atoms with van der Waals surface area (Å²) in [5.74, 6) is 1.05. The molecule has 2 heterocycles. The molecule has 0 aliphatic carbocycles. The lowest BCUT2D eigenvalue weighted by molar-refractivity contribution is -0.121. The molecule has 0 saturated carbocycles. The van der Waals surface area contributed by atoms with Crippen LogP contribution in [0.15, 0.2) is 23.3 Å². The average Bonchev–Trinajstić information content (AvgIpc) is 3.29. The molecule has 3 rings (SSSR count). The second-order valence-corrected chi connectivity index (χ2v) is 9.58. The quantitative estimate of drug-likeness (QED) is 0.405. The number of nitrogens with zero attached hydrogens (tertiary/aromatic N) is 3. The van der Waals surface area contributed by atoms with Gasteiger partial charge >= 0.3 is 0 Å². The van der Waals surface area contributed by atoms with E-state index in [9.17, 15) is 9.59 Å². The van der Waals surface area contributed by atoms with Gasteiger partial charge in [0.05, 0.1) is 42.2 Å². The molecule has 0 radical (unpaired) electrons. The van der Waals surface area contributed by atoms with Gasteiger partial charge in [0, 0.05) is 39.4 Å². The highest BCUT2D eigenvalue weighted by Crippen LogP contribution is 2.28. The molecule has 35 heavy (non-hydrogen) atoms. The Balaban J connectivity index is 1.25. The molecule has 0 aromatic heterocycles. The van der Waals surface area contributed by atoms with Gasteiger partial charge in [-0.2, -0.15) is 5.10 Å². The van der Waals surface area contributed by atoms with Crippen LogP contribution in [0.4, 0.5) is 5.69 Å². The maximum absolute atomic E-state index is 12.5. The fourth-order valence-electron chi connectivity index (χ4n) is 4.08. The van der Waals surface area contributed by atoms with E-state index in [1.165, 1.54) is 6.92 Å². The Hall–Kier alpha value is -1.91. The number of ether oxygens (including phenoxy) is 2. The number of carbonyl (C=O) groups is 2. The highest BCUT2D eigenvalue weighted by atomic mass is 35.5. The van der Waals surface area contributed by atoms with Crippen molar-refractivity contribution < 1.29 is 19.1 Å². The monoisotopic (exact) mass is 527 g/mol. The largest absolute Gasteiger partial charge is 0.378 e. The summed E-state index contributed by atoms with van der Waals surface area (Å²) in [4.78, 5) is 25.7. The van der Waals surface area contributed by atoms with Crippen molar-refractivity contribution in [1.29, 1.82) is 0 Å². The molecule has 0 atom stereocenters. The molecule has 2 amide bonds. The van der Waals surface area contributed by atoms with Gasteiger partial charge in [-0.15, -0.1) is 0 Å². The summed E-state index contributed by atoms with van der Waals surface area (Å²) in [6, 6.07) is 5.39. The van der Waals surface area contributed by atoms with Crippen LogP contribution in [-0.2, 0) is 19.1 Å². The standard InChI is InChI=1S/C24H35Cl2N5O4/c1-18(32)27-7-12-34-14-15-35-13-11-30-8-4-19(5-9-30)16-24(33)28-23-6-10-31(29-23)20-2-3-21(25)22(26)17-20/h2-3,17,19H,4-16H2,1H3,(H,27,32)(H,28,29,33). The van der Waals surface area contributed by atoms with Gasteiger partial charge in [-0.3, -0.25) is 14.6 Å². The minimum absolute atomic E-state index is 0.0278. The Bertz CT molecular complexity index is 877. The van der Waals surface area contributed by atoms with Gasteiger partial charge in [0.2, 0.25) is 11.8 Å². The summed E-state index contributed by atoms with van der Waals surface area (Å²) in [5.41, 5.74) is 0.856. The number of hydrazone groups is 1. The highest BCUT2D eigenvalue weighted by molar-refractivity contribution is 6.42. The van der Waals surface area contributed by atoms with Crippen molar-refractivity contribution in [3.05, 3.63) is 28.2 Å². The van der Waals surface area contributed by atoms with E-state index in [0.717, 1.165) is 38.2 Å². The number of anilines is 1. The average molecular weight is 528 g/mol. The zero-order chi connectivity index (χ0) is 25.0. The lowest BCUT2D eigenvalue weighted by atomic mass is 9.93. The predicted octanol–water partition coefficient (Wildman–Crippen LogP) is 2.90. The topological polar surface area (TPSA) is 95.5 Å². The molecule has 1 fully saturated rings. The molecule has 194 valence electrons. The van der Waals surface area contributed by atoms with E-state index in [-0.39, 0.29) is 11.8 Å². The van der Waals surface area contributed by atoms with Gasteiger partial charge in [0.1, 0.15) is 5.84 Å². The molecule has 2 aliphatic heterocycles. The Morgan fingerprint density at radius 1 is 1.06 bits per heavy atom. The van der Waals surface area contributed by atoms with Crippen molar-refractivity contribution in [2.45, 2.75) is 32.6 Å². The van der Waals surface area contributed by atoms with Crippen molar-refractivity contribution >= 4 is 46.5 Å². The number of hydrogen-bond donors (Lipinski definition) is 2. The fourth-order valence-corrected chi connectivity index (χ4v) is 4.37. The third kappa shape index (κ3) is 9.93. The first kappa shape index (κ1) is 27.7. The third-order valence-electron chi connectivity index (χ3n) is 6.01. The van der Waals surface area contributed by atoms with Crippen molar-refractivity contribution in [3.8, 4) is 0 Å². The number of likely N-dealkylation sites (tertiary alicyclic amines) is 1. The molecule has 9 nitrogen and oxygen atoms in total. The van der Waals surface area contributed by atoms with Crippen LogP contribution in [0, 0.1) is 5.92 Å². The number of rotatable bonds is 12. The summed E-state index contributed by atoms with van der Waals surface area (Å²) in [6.07, 6.45) is 3.21. The minimum atomic E-state index is -0.0508. The summed E-state index contributed by atoms with van der Waals surface area (Å²) < 4.78 is 11.0. The summed E-state index contributed by atoms with van der Waals surface area (Å²) in [6.45, 7) is 7.75. The Kier molecular flexibility index (Phi) is 11.5. The second-order valence-electron chi connectivity index (χ2n) is 8.76. The van der Waals surface area contributed by atoms with Gasteiger partial charge in [-0.1, -0.05) is 23.2 Å². The van der Waals surface area contributed by atoms with Gasteiger partial charge in [0.25, 0.3) is 0 Å². The number of amides is 2. The van der Waals surface area contributed by atoms with E-state index in [2.05, 4.69) is 20.6 Å². The van der Waals surface area contributed by atoms with Crippen LogP contribution in [0.2, 0.25) is 10.0 Å². The maximum atomic E-state index is 12.5. The van der Waals surface area contributed by atoms with E-state index in [4.69, 9.17) is 32.7 Å². The van der Waals surface area contributed by atoms with Crippen LogP contribution in [0.5, 0.6) is 0 Å². The molecule has 1 aromatic carbocycles. The summed E-state index contributed by atoms with van der Waals surface area (Å²) >= 11 is 12.1. The molecule has 1 aromatic rings. The van der Waals surface area contributed by atoms with Crippen LogP contribution in [0.1, 0.15) is 32.6 Å². The number of amidine groups is 1. The van der Waals surface area contributed by atoms with Crippen LogP contribution in [0.25, 0.3) is 0 Å². The Morgan fingerprint density at radius 3 is 2.51 bits per heavy atom. The molecular weight excluding hydrogens is 493 g/mol. The van der Waals surface area contributed by atoms with Crippen molar-refractivity contribution in [2.75, 3.05) is 64.2 Å². The molecule has 2 N–H and O–H groups in total. The van der Waals surface area contributed by atoms with E-state index in [1.54, 1.807) is 12.1 Å². The number of carbonyl (C=O) groups excluding carboxylic acids is 2. The van der Waals surface area contributed by atoms with Crippen molar-refractivity contribution in [3.63, 3.8) is 0 Å². The SMILES string of the molecule is CC(=O)NCCOCCOCCN1CCC(CC(=O)NC2=NN(c3ccc(Cl)c(Cl)c3)CC2)CC1. The predicted molar refractivity (Wildman–Crippen MR) is 138 cm³/mol. The molecule has 1 saturated heterocycles. The van der Waals surface area contributed by atoms with E-state index < -0.39 is 0 Å². The lowest BCUT2D eigenvalue weighted by Gasteiger charge is -2.31. The number of piperidine rings is 1. The highest BCUT2D eigenvalue weighted by Gasteiger charge is 2.23. The Labute approximate surface area is 217 Å². The van der Waals surface area contributed by atoms with Gasteiger partial charge in [0.15, 0.2) is 0 Å². The molecule has 0 bridgehead atoms. The lowest BCUT2D eigenvalue weighted by Crippen LogP contribution is -2.38. The first-order valence-corrected chi connectivity index (χ1v) is 12.9. The van der Waals surface area contributed by atoms with Crippen LogP contribution in [-0.4, -0.2) is 81.7 Å². The number of nitrogens with one attached hydrogen (secondary N) is 2. The molecule has 0 unspecified atom stereocenters. The zero-order valence-electron chi connectivity index (χ0n) is 20.2. The first-order chi connectivity index (χ1) is 16.9. The first-order valence-electron chi connectivity index (χ1n) is 12.1. The van der Waals surface area contributed by atoms with Crippen LogP contribution in [0.3, 0.4) is 0 Å². The van der Waals surface area contributed by atoms with Crippen LogP contribution < -0.4 is 15.6 Å². The fraction of sp³-hybridized carbons (Fsp3) is 0.625. The second kappa shape index (κ2) is 14.6. The smallest absolute Gasteiger partial charge is 0.225 e. The van der Waals surface area contributed by atoms with E-state index in [0.29, 0.717) is 74.2 Å². The number of hydrogen-bond acceptors (Lipinski definition) is 7. The molecular formula is C24H35Cl2N5O4. The van der Waals surface area contributed by atoms with E-state index in [1.807, 2.05) is 11.1 Å². The van der Waals surface area contributed by atoms with Gasteiger partial charge < -0.3 is 25.0 Å². The van der Waals surface area contributed by atoms with Crippen LogP contribution >= 0.6 is 23.2 Å². The minimum Gasteiger partial charge on any atom is -0.378 e. The molecule has 2 aliphatic rings. The normalized spacial score (nSPS) is 16.9. The van der Waals surface area contributed by atoms with Gasteiger partial charge in [-0.05, 0) is 50.0 Å². The Morgan fingerprint density at radius 2 is 1.80 bits per heavy atom. The number of halogens is 2.